The first-order chi connectivity index (χ1) is 20.4. The van der Waals surface area contributed by atoms with Crippen LogP contribution in [-0.2, 0) is 17.9 Å². The second kappa shape index (κ2) is 11.1. The van der Waals surface area contributed by atoms with Crippen LogP contribution in [0.5, 0.6) is 11.5 Å². The van der Waals surface area contributed by atoms with Crippen LogP contribution in [0.1, 0.15) is 28.1 Å². The predicted octanol–water partition coefficient (Wildman–Crippen LogP) is 6.75. The summed E-state index contributed by atoms with van der Waals surface area (Å²) in [6.07, 6.45) is 1.88. The highest BCUT2D eigenvalue weighted by molar-refractivity contribution is 7.16. The van der Waals surface area contributed by atoms with Gasteiger partial charge < -0.3 is 18.6 Å². The van der Waals surface area contributed by atoms with Crippen molar-refractivity contribution in [2.75, 3.05) is 26.9 Å². The largest absolute Gasteiger partial charge is 0.496 e. The fourth-order valence-corrected chi connectivity index (χ4v) is 6.83. The fraction of sp³-hybridized carbons (Fsp3) is 0.323. The van der Waals surface area contributed by atoms with Crippen molar-refractivity contribution < 1.29 is 18.6 Å². The summed E-state index contributed by atoms with van der Waals surface area (Å²) in [5.74, 6) is 1.98. The monoisotopic (exact) mass is 601 g/mol. The first-order valence-corrected chi connectivity index (χ1v) is 15.5. The summed E-state index contributed by atoms with van der Waals surface area (Å²) in [7, 11) is 1.63. The average Bonchev–Trinajstić information content (AvgIpc) is 3.75. The van der Waals surface area contributed by atoms with Gasteiger partial charge in [0.1, 0.15) is 39.4 Å². The van der Waals surface area contributed by atoms with Gasteiger partial charge in [-0.3, -0.25) is 4.90 Å². The third-order valence-corrected chi connectivity index (χ3v) is 9.45. The van der Waals surface area contributed by atoms with Gasteiger partial charge in [-0.1, -0.05) is 35.6 Å². The highest BCUT2D eigenvalue weighted by atomic mass is 32.1. The zero-order valence-electron chi connectivity index (χ0n) is 23.9. The molecular formula is C31H31N5O4S2. The number of ether oxygens (including phenoxy) is 3. The molecule has 1 fully saturated rings. The lowest BCUT2D eigenvalue weighted by Gasteiger charge is -2.33. The Balaban J connectivity index is 1.09. The molecule has 216 valence electrons. The summed E-state index contributed by atoms with van der Waals surface area (Å²) in [4.78, 5) is 14.1. The first-order valence-electron chi connectivity index (χ1n) is 13.9. The van der Waals surface area contributed by atoms with Gasteiger partial charge in [0.25, 0.3) is 0 Å². The van der Waals surface area contributed by atoms with Gasteiger partial charge in [-0.25, -0.2) is 14.5 Å². The van der Waals surface area contributed by atoms with E-state index in [1.807, 2.05) is 31.3 Å². The number of benzene rings is 2. The Labute approximate surface area is 251 Å². The molecule has 4 aromatic heterocycles. The quantitative estimate of drug-likeness (QED) is 0.189. The van der Waals surface area contributed by atoms with Crippen LogP contribution in [0.3, 0.4) is 0 Å². The SMILES string of the molecule is COc1cc(OCc2nc(-c3ccc(CN4CCOC[C@H]4C)cc3)sc2C)c2cc(-c3cn4nc(C)sc4n3)oc2c1. The molecule has 0 radical (unpaired) electrons. The number of hydrogen-bond acceptors (Lipinski definition) is 10. The summed E-state index contributed by atoms with van der Waals surface area (Å²) in [6, 6.07) is 14.9. The van der Waals surface area contributed by atoms with Crippen LogP contribution in [0.25, 0.3) is 38.0 Å². The number of thiazole rings is 1. The fourth-order valence-electron chi connectivity index (χ4n) is 5.18. The molecule has 0 unspecified atom stereocenters. The van der Waals surface area contributed by atoms with Gasteiger partial charge in [0.2, 0.25) is 4.96 Å². The standard InChI is InChI=1S/C31H31N5O4S2/c1-18-16-38-10-9-35(18)14-21-5-7-22(8-6-21)30-32-26(19(2)41-30)17-39-27-11-23(37-4)12-28-24(27)13-29(40-28)25-15-36-31(33-25)42-20(3)34-36/h5-8,11-13,15,18H,9-10,14,16-17H2,1-4H3/t18-/m1/s1. The van der Waals surface area contributed by atoms with Crippen molar-refractivity contribution in [3.63, 3.8) is 0 Å². The van der Waals surface area contributed by atoms with Gasteiger partial charge in [-0.05, 0) is 32.4 Å². The van der Waals surface area contributed by atoms with Crippen molar-refractivity contribution in [2.24, 2.45) is 0 Å². The Morgan fingerprint density at radius 2 is 1.93 bits per heavy atom. The molecule has 9 nitrogen and oxygen atoms in total. The van der Waals surface area contributed by atoms with Crippen molar-refractivity contribution in [1.29, 1.82) is 0 Å². The molecule has 1 aliphatic heterocycles. The Morgan fingerprint density at radius 3 is 2.71 bits per heavy atom. The minimum atomic E-state index is 0.335. The second-order valence-corrected chi connectivity index (χ2v) is 12.9. The summed E-state index contributed by atoms with van der Waals surface area (Å²) >= 11 is 3.23. The van der Waals surface area contributed by atoms with Gasteiger partial charge in [0.05, 0.1) is 37.6 Å². The molecule has 1 atom stereocenters. The Bertz CT molecular complexity index is 1840. The number of imidazole rings is 1. The van der Waals surface area contributed by atoms with Crippen molar-refractivity contribution >= 4 is 38.6 Å². The van der Waals surface area contributed by atoms with Crippen LogP contribution >= 0.6 is 22.7 Å². The van der Waals surface area contributed by atoms with Gasteiger partial charge in [-0.15, -0.1) is 11.3 Å². The van der Waals surface area contributed by atoms with E-state index in [9.17, 15) is 0 Å². The maximum absolute atomic E-state index is 6.35. The van der Waals surface area contributed by atoms with E-state index in [0.29, 0.717) is 35.5 Å². The number of aryl methyl sites for hydroxylation is 2. The lowest BCUT2D eigenvalue weighted by molar-refractivity contribution is -0.00436. The van der Waals surface area contributed by atoms with Crippen molar-refractivity contribution in [3.8, 4) is 33.5 Å². The smallest absolute Gasteiger partial charge is 0.212 e. The van der Waals surface area contributed by atoms with E-state index in [1.54, 1.807) is 34.3 Å². The molecule has 0 aliphatic carbocycles. The van der Waals surface area contributed by atoms with E-state index >= 15 is 0 Å². The molecule has 0 amide bonds. The van der Waals surface area contributed by atoms with Crippen molar-refractivity contribution in [1.82, 2.24) is 24.5 Å². The van der Waals surface area contributed by atoms with Crippen molar-refractivity contribution in [2.45, 2.75) is 40.0 Å². The van der Waals surface area contributed by atoms with Gasteiger partial charge in [-0.2, -0.15) is 5.10 Å². The Hall–Kier alpha value is -3.77. The minimum absolute atomic E-state index is 0.335. The number of nitrogens with zero attached hydrogens (tertiary/aromatic N) is 5. The number of aromatic nitrogens is 4. The molecule has 0 N–H and O–H groups in total. The van der Waals surface area contributed by atoms with Crippen LogP contribution < -0.4 is 9.47 Å². The molecular weight excluding hydrogens is 571 g/mol. The molecule has 0 bridgehead atoms. The summed E-state index contributed by atoms with van der Waals surface area (Å²) in [5.41, 5.74) is 4.72. The first kappa shape index (κ1) is 27.1. The molecule has 2 aromatic carbocycles. The van der Waals surface area contributed by atoms with Crippen LogP contribution in [-0.4, -0.2) is 57.4 Å². The Kier molecular flexibility index (Phi) is 7.19. The second-order valence-electron chi connectivity index (χ2n) is 10.5. The normalized spacial score (nSPS) is 16.0. The summed E-state index contributed by atoms with van der Waals surface area (Å²) in [5, 5.41) is 7.26. The highest BCUT2D eigenvalue weighted by Gasteiger charge is 2.20. The van der Waals surface area contributed by atoms with E-state index in [-0.39, 0.29) is 0 Å². The summed E-state index contributed by atoms with van der Waals surface area (Å²) < 4.78 is 25.4. The van der Waals surface area contributed by atoms with Crippen LogP contribution in [0.15, 0.2) is 53.1 Å². The number of fused-ring (bicyclic) bond motifs is 2. The van der Waals surface area contributed by atoms with E-state index in [0.717, 1.165) is 68.5 Å². The number of rotatable bonds is 8. The van der Waals surface area contributed by atoms with E-state index in [4.69, 9.17) is 23.6 Å². The third-order valence-electron chi connectivity index (χ3n) is 7.55. The molecule has 7 rings (SSSR count). The van der Waals surface area contributed by atoms with E-state index in [2.05, 4.69) is 53.1 Å². The molecule has 6 aromatic rings. The molecule has 0 spiro atoms. The molecule has 5 heterocycles. The molecule has 1 saturated heterocycles. The lowest BCUT2D eigenvalue weighted by Crippen LogP contribution is -2.42. The average molecular weight is 602 g/mol. The predicted molar refractivity (Wildman–Crippen MR) is 165 cm³/mol. The van der Waals surface area contributed by atoms with E-state index < -0.39 is 0 Å². The number of morpholine rings is 1. The maximum atomic E-state index is 6.35. The zero-order valence-corrected chi connectivity index (χ0v) is 25.6. The Morgan fingerprint density at radius 1 is 1.07 bits per heavy atom. The van der Waals surface area contributed by atoms with Gasteiger partial charge in [0.15, 0.2) is 5.76 Å². The molecule has 1 aliphatic rings. The lowest BCUT2D eigenvalue weighted by atomic mass is 10.1. The minimum Gasteiger partial charge on any atom is -0.496 e. The van der Waals surface area contributed by atoms with Crippen LogP contribution in [0.2, 0.25) is 0 Å². The molecule has 11 heteroatoms. The third kappa shape index (κ3) is 5.29. The maximum Gasteiger partial charge on any atom is 0.212 e. The van der Waals surface area contributed by atoms with Crippen molar-refractivity contribution in [3.05, 3.63) is 69.8 Å². The van der Waals surface area contributed by atoms with Crippen LogP contribution in [0, 0.1) is 13.8 Å². The number of furan rings is 1. The van der Waals surface area contributed by atoms with Crippen LogP contribution in [0.4, 0.5) is 0 Å². The van der Waals surface area contributed by atoms with Gasteiger partial charge in [0, 0.05) is 41.7 Å². The topological polar surface area (TPSA) is 87.2 Å². The van der Waals surface area contributed by atoms with Gasteiger partial charge >= 0.3 is 0 Å². The zero-order chi connectivity index (χ0) is 28.8. The van der Waals surface area contributed by atoms with E-state index in [1.165, 1.54) is 5.56 Å². The highest BCUT2D eigenvalue weighted by Crippen LogP contribution is 2.38. The molecule has 0 saturated carbocycles. The molecule has 42 heavy (non-hydrogen) atoms. The summed E-state index contributed by atoms with van der Waals surface area (Å²) in [6.45, 7) is 10.1. The number of hydrogen-bond donors (Lipinski definition) is 0. The number of methoxy groups -OCH3 is 1.